The van der Waals surface area contributed by atoms with E-state index in [1.165, 1.54) is 0 Å². The van der Waals surface area contributed by atoms with Crippen molar-refractivity contribution in [1.29, 1.82) is 0 Å². The number of hydrogen-bond donors (Lipinski definition) is 1. The van der Waals surface area contributed by atoms with E-state index in [0.717, 1.165) is 27.1 Å². The number of para-hydroxylation sites is 1. The van der Waals surface area contributed by atoms with Gasteiger partial charge >= 0.3 is 0 Å². The maximum atomic E-state index is 5.97. The smallest absolute Gasteiger partial charge is 0.132 e. The Morgan fingerprint density at radius 1 is 1.11 bits per heavy atom. The third-order valence-corrected chi connectivity index (χ3v) is 3.27. The summed E-state index contributed by atoms with van der Waals surface area (Å²) in [5.41, 5.74) is 8.05. The van der Waals surface area contributed by atoms with E-state index in [0.29, 0.717) is 0 Å². The molecule has 0 aromatic heterocycles. The predicted octanol–water partition coefficient (Wildman–Crippen LogP) is 4.57. The second-order valence-electron chi connectivity index (χ2n) is 4.34. The summed E-state index contributed by atoms with van der Waals surface area (Å²) in [6.45, 7) is 3.98. The lowest BCUT2D eigenvalue weighted by atomic mass is 10.1. The number of benzene rings is 2. The molecule has 1 unspecified atom stereocenters. The van der Waals surface area contributed by atoms with Crippen LogP contribution in [0.4, 0.5) is 0 Å². The minimum absolute atomic E-state index is 0.0475. The highest BCUT2D eigenvalue weighted by molar-refractivity contribution is 9.10. The molecule has 0 amide bonds. The molecule has 0 aliphatic rings. The van der Waals surface area contributed by atoms with Gasteiger partial charge in [0, 0.05) is 16.1 Å². The van der Waals surface area contributed by atoms with Crippen molar-refractivity contribution < 1.29 is 4.74 Å². The largest absolute Gasteiger partial charge is 0.457 e. The van der Waals surface area contributed by atoms with Gasteiger partial charge in [0.15, 0.2) is 0 Å². The van der Waals surface area contributed by atoms with Gasteiger partial charge in [0.1, 0.15) is 11.5 Å². The third kappa shape index (κ3) is 2.92. The van der Waals surface area contributed by atoms with Crippen molar-refractivity contribution >= 4 is 15.9 Å². The van der Waals surface area contributed by atoms with E-state index in [1.807, 2.05) is 56.3 Å². The van der Waals surface area contributed by atoms with Crippen molar-refractivity contribution in [1.82, 2.24) is 0 Å². The molecule has 2 N–H and O–H groups in total. The molecule has 0 saturated carbocycles. The Balaban J connectivity index is 2.37. The van der Waals surface area contributed by atoms with Gasteiger partial charge in [-0.15, -0.1) is 0 Å². The Morgan fingerprint density at radius 3 is 2.56 bits per heavy atom. The van der Waals surface area contributed by atoms with Crippen LogP contribution >= 0.6 is 15.9 Å². The highest BCUT2D eigenvalue weighted by Crippen LogP contribution is 2.31. The summed E-state index contributed by atoms with van der Waals surface area (Å²) in [6, 6.07) is 13.8. The molecule has 2 rings (SSSR count). The molecule has 0 fully saturated rings. The van der Waals surface area contributed by atoms with E-state index < -0.39 is 0 Å². The fourth-order valence-corrected chi connectivity index (χ4v) is 2.09. The van der Waals surface area contributed by atoms with E-state index in [2.05, 4.69) is 15.9 Å². The van der Waals surface area contributed by atoms with Crippen molar-refractivity contribution in [2.24, 2.45) is 5.73 Å². The van der Waals surface area contributed by atoms with E-state index in [1.54, 1.807) is 0 Å². The van der Waals surface area contributed by atoms with Crippen LogP contribution in [0.5, 0.6) is 11.5 Å². The van der Waals surface area contributed by atoms with Crippen LogP contribution in [0.2, 0.25) is 0 Å². The normalized spacial score (nSPS) is 12.2. The molecule has 0 saturated heterocycles. The molecular formula is C15H16BrNO. The third-order valence-electron chi connectivity index (χ3n) is 2.78. The van der Waals surface area contributed by atoms with Crippen LogP contribution in [0, 0.1) is 6.92 Å². The zero-order valence-corrected chi connectivity index (χ0v) is 12.1. The molecule has 2 nitrogen and oxygen atoms in total. The first-order valence-corrected chi connectivity index (χ1v) is 6.65. The van der Waals surface area contributed by atoms with Gasteiger partial charge in [-0.05, 0) is 37.6 Å². The lowest BCUT2D eigenvalue weighted by Crippen LogP contribution is -2.06. The molecule has 94 valence electrons. The average molecular weight is 306 g/mol. The average Bonchev–Trinajstić information content (AvgIpc) is 2.34. The Bertz CT molecular complexity index is 552. The number of hydrogen-bond acceptors (Lipinski definition) is 2. The van der Waals surface area contributed by atoms with Crippen LogP contribution < -0.4 is 10.5 Å². The first kappa shape index (κ1) is 13.1. The minimum atomic E-state index is -0.0475. The summed E-state index contributed by atoms with van der Waals surface area (Å²) < 4.78 is 6.97. The maximum Gasteiger partial charge on any atom is 0.132 e. The summed E-state index contributed by atoms with van der Waals surface area (Å²) in [6.07, 6.45) is 0. The fraction of sp³-hybridized carbons (Fsp3) is 0.200. The van der Waals surface area contributed by atoms with Crippen molar-refractivity contribution in [3.63, 3.8) is 0 Å². The van der Waals surface area contributed by atoms with Gasteiger partial charge in [0.05, 0.1) is 0 Å². The Kier molecular flexibility index (Phi) is 4.04. The van der Waals surface area contributed by atoms with Crippen LogP contribution in [-0.2, 0) is 0 Å². The van der Waals surface area contributed by atoms with Crippen LogP contribution in [0.1, 0.15) is 24.1 Å². The molecule has 0 bridgehead atoms. The SMILES string of the molecule is Cc1ccc(Br)cc1Oc1ccccc1C(C)N. The van der Waals surface area contributed by atoms with E-state index >= 15 is 0 Å². The van der Waals surface area contributed by atoms with Crippen LogP contribution in [0.15, 0.2) is 46.9 Å². The molecule has 3 heteroatoms. The summed E-state index contributed by atoms with van der Waals surface area (Å²) in [4.78, 5) is 0. The number of halogens is 1. The molecule has 0 heterocycles. The van der Waals surface area contributed by atoms with Crippen LogP contribution in [-0.4, -0.2) is 0 Å². The van der Waals surface area contributed by atoms with Gasteiger partial charge in [-0.25, -0.2) is 0 Å². The van der Waals surface area contributed by atoms with Gasteiger partial charge in [0.25, 0.3) is 0 Å². The van der Waals surface area contributed by atoms with Crippen molar-refractivity contribution in [3.05, 3.63) is 58.1 Å². The summed E-state index contributed by atoms with van der Waals surface area (Å²) in [5.74, 6) is 1.66. The number of ether oxygens (including phenoxy) is 1. The second kappa shape index (κ2) is 5.55. The lowest BCUT2D eigenvalue weighted by Gasteiger charge is -2.15. The number of rotatable bonds is 3. The standard InChI is InChI=1S/C15H16BrNO/c1-10-7-8-12(16)9-15(10)18-14-6-4-3-5-13(14)11(2)17/h3-9,11H,17H2,1-2H3. The van der Waals surface area contributed by atoms with Crippen molar-refractivity contribution in [2.75, 3.05) is 0 Å². The van der Waals surface area contributed by atoms with Crippen LogP contribution in [0.25, 0.3) is 0 Å². The predicted molar refractivity (Wildman–Crippen MR) is 78.0 cm³/mol. The first-order valence-electron chi connectivity index (χ1n) is 5.86. The molecule has 2 aromatic rings. The molecule has 18 heavy (non-hydrogen) atoms. The first-order chi connectivity index (χ1) is 8.58. The summed E-state index contributed by atoms with van der Waals surface area (Å²) in [7, 11) is 0. The van der Waals surface area contributed by atoms with E-state index in [9.17, 15) is 0 Å². The Labute approximate surface area is 116 Å². The fourth-order valence-electron chi connectivity index (χ4n) is 1.75. The van der Waals surface area contributed by atoms with Gasteiger partial charge in [0.2, 0.25) is 0 Å². The molecule has 0 radical (unpaired) electrons. The van der Waals surface area contributed by atoms with Crippen molar-refractivity contribution in [2.45, 2.75) is 19.9 Å². The van der Waals surface area contributed by atoms with E-state index in [-0.39, 0.29) is 6.04 Å². The molecular weight excluding hydrogens is 290 g/mol. The zero-order chi connectivity index (χ0) is 13.1. The number of nitrogens with two attached hydrogens (primary N) is 1. The Hall–Kier alpha value is -1.32. The molecule has 1 atom stereocenters. The topological polar surface area (TPSA) is 35.2 Å². The lowest BCUT2D eigenvalue weighted by molar-refractivity contribution is 0.468. The molecule has 0 aliphatic heterocycles. The highest BCUT2D eigenvalue weighted by atomic mass is 79.9. The summed E-state index contributed by atoms with van der Waals surface area (Å²) in [5, 5.41) is 0. The molecule has 0 aliphatic carbocycles. The summed E-state index contributed by atoms with van der Waals surface area (Å²) >= 11 is 3.45. The zero-order valence-electron chi connectivity index (χ0n) is 10.5. The van der Waals surface area contributed by atoms with Crippen LogP contribution in [0.3, 0.4) is 0 Å². The molecule has 2 aromatic carbocycles. The van der Waals surface area contributed by atoms with Gasteiger partial charge in [-0.3, -0.25) is 0 Å². The number of aryl methyl sites for hydroxylation is 1. The maximum absolute atomic E-state index is 5.97. The van der Waals surface area contributed by atoms with Crippen molar-refractivity contribution in [3.8, 4) is 11.5 Å². The Morgan fingerprint density at radius 2 is 1.83 bits per heavy atom. The second-order valence-corrected chi connectivity index (χ2v) is 5.25. The van der Waals surface area contributed by atoms with E-state index in [4.69, 9.17) is 10.5 Å². The minimum Gasteiger partial charge on any atom is -0.457 e. The van der Waals surface area contributed by atoms with Gasteiger partial charge < -0.3 is 10.5 Å². The van der Waals surface area contributed by atoms with Gasteiger partial charge in [-0.1, -0.05) is 40.2 Å². The monoisotopic (exact) mass is 305 g/mol. The van der Waals surface area contributed by atoms with Gasteiger partial charge in [-0.2, -0.15) is 0 Å². The quantitative estimate of drug-likeness (QED) is 0.901. The molecule has 0 spiro atoms. The highest BCUT2D eigenvalue weighted by Gasteiger charge is 2.09.